The van der Waals surface area contributed by atoms with Gasteiger partial charge in [-0.3, -0.25) is 50.6 Å². The van der Waals surface area contributed by atoms with Gasteiger partial charge in [-0.1, -0.05) is 30.3 Å². The van der Waals surface area contributed by atoms with Crippen molar-refractivity contribution in [2.45, 2.75) is 57.8 Å². The van der Waals surface area contributed by atoms with Gasteiger partial charge in [0.1, 0.15) is 60.6 Å². The van der Waals surface area contributed by atoms with Gasteiger partial charge in [0, 0.05) is 42.5 Å². The summed E-state index contributed by atoms with van der Waals surface area (Å²) in [6.07, 6.45) is -16.5. The van der Waals surface area contributed by atoms with Crippen LogP contribution in [0.4, 0.5) is 112 Å². The van der Waals surface area contributed by atoms with Crippen molar-refractivity contribution in [3.05, 3.63) is 233 Å². The van der Waals surface area contributed by atoms with Gasteiger partial charge >= 0.3 is 48.3 Å². The lowest BCUT2D eigenvalue weighted by Gasteiger charge is -2.17. The molecule has 0 radical (unpaired) electrons. The van der Waals surface area contributed by atoms with Gasteiger partial charge < -0.3 is 18.9 Å². The molecule has 0 spiro atoms. The number of aryl methyl sites for hydroxylation is 1. The Bertz CT molecular complexity index is 3740. The van der Waals surface area contributed by atoms with E-state index in [4.69, 9.17) is 4.74 Å². The summed E-state index contributed by atoms with van der Waals surface area (Å²) < 4.78 is 258. The molecule has 0 bridgehead atoms. The van der Waals surface area contributed by atoms with Gasteiger partial charge in [-0.05, 0) is 30.7 Å². The molecule has 0 unspecified atom stereocenters. The number of para-hydroxylation sites is 1. The Morgan fingerprint density at radius 2 is 0.780 bits per heavy atom. The molecule has 0 saturated heterocycles. The van der Waals surface area contributed by atoms with Crippen LogP contribution in [-0.4, -0.2) is 66.8 Å². The summed E-state index contributed by atoms with van der Waals surface area (Å²) >= 11 is 0. The molecule has 23 nitrogen and oxygen atoms in total. The molecule has 91 heavy (non-hydrogen) atoms. The highest BCUT2D eigenvalue weighted by molar-refractivity contribution is 5.90. The molecule has 6 aromatic carbocycles. The molecule has 6 aromatic rings. The van der Waals surface area contributed by atoms with Crippen molar-refractivity contribution in [3.63, 3.8) is 0 Å². The molecule has 488 valence electrons. The van der Waals surface area contributed by atoms with Gasteiger partial charge in [0.15, 0.2) is 23.3 Å². The van der Waals surface area contributed by atoms with E-state index < -0.39 is 196 Å². The fourth-order valence-corrected chi connectivity index (χ4v) is 6.58. The van der Waals surface area contributed by atoms with E-state index >= 15 is 0 Å². The van der Waals surface area contributed by atoms with Gasteiger partial charge in [0.05, 0.1) is 46.9 Å². The Morgan fingerprint density at radius 1 is 0.418 bits per heavy atom. The molecule has 0 aliphatic rings. The minimum absolute atomic E-state index is 0.105. The minimum atomic E-state index is -6.09. The summed E-state index contributed by atoms with van der Waals surface area (Å²) in [5.41, 5.74) is -9.92. The quantitative estimate of drug-likeness (QED) is 0.0165. The summed E-state index contributed by atoms with van der Waals surface area (Å²) in [5.74, 6) is -31.3. The number of benzene rings is 6. The van der Waals surface area contributed by atoms with Crippen LogP contribution < -0.4 is 0 Å². The lowest BCUT2D eigenvalue weighted by atomic mass is 10.1. The number of alkyl halides is 11. The van der Waals surface area contributed by atoms with Crippen LogP contribution in [0.1, 0.15) is 54.1 Å². The van der Waals surface area contributed by atoms with E-state index in [1.54, 1.807) is 13.0 Å². The van der Waals surface area contributed by atoms with E-state index in [1.807, 2.05) is 0 Å². The van der Waals surface area contributed by atoms with Crippen LogP contribution in [0.3, 0.4) is 0 Å². The first-order chi connectivity index (χ1) is 41.9. The van der Waals surface area contributed by atoms with Crippen molar-refractivity contribution in [2.75, 3.05) is 0 Å². The third-order valence-electron chi connectivity index (χ3n) is 10.8. The fourth-order valence-electron chi connectivity index (χ4n) is 6.58. The zero-order chi connectivity index (χ0) is 69.6. The number of rotatable bonds is 16. The molecule has 0 saturated carbocycles. The smallest absolute Gasteiger partial charge is 0.457 e. The molecule has 0 aliphatic carbocycles. The number of ether oxygens (including phenoxy) is 4. The van der Waals surface area contributed by atoms with Gasteiger partial charge in [0.25, 0.3) is 28.4 Å². The van der Waals surface area contributed by atoms with E-state index in [1.165, 1.54) is 24.3 Å². The molecule has 42 heteroatoms. The van der Waals surface area contributed by atoms with Crippen molar-refractivity contribution >= 4 is 52.3 Å². The van der Waals surface area contributed by atoms with Crippen LogP contribution in [0.25, 0.3) is 0 Å². The Morgan fingerprint density at radius 3 is 1.22 bits per heavy atom. The van der Waals surface area contributed by atoms with Crippen molar-refractivity contribution in [2.24, 2.45) is 0 Å². The number of hydrogen-bond donors (Lipinski definition) is 0. The van der Waals surface area contributed by atoms with Crippen LogP contribution in [0.5, 0.6) is 0 Å². The number of nitrogens with zero attached hydrogens (tertiary/aromatic N) is 5. The lowest BCUT2D eigenvalue weighted by molar-refractivity contribution is -0.396. The second-order valence-corrected chi connectivity index (χ2v) is 16.6. The van der Waals surface area contributed by atoms with Crippen molar-refractivity contribution in [1.82, 2.24) is 0 Å². The molecule has 0 aromatic heterocycles. The number of nitro groups is 5. The minimum Gasteiger partial charge on any atom is -0.457 e. The van der Waals surface area contributed by atoms with E-state index in [0.29, 0.717) is 35.9 Å². The fraction of sp³-hybridized carbons (Fsp3) is 0.184. The standard InChI is InChI=1S/C15H5F8NO4.C15H10F3NO4.C10H6F5NO4.C9H5F3N2O6/c16-9-8(10(17)12(19)13(20)11(9)18)14(25)28-4-5-6(15(21,22)23)2-1-3-7(5)24(26)27;1-8-3-2-4-13(19(21)22)10(8)7-23-15(20)14-11(17)5-9(16)6-12(14)18;11-9(12,10(13,14)15)8(17)20-5-6-3-1-2-4-7(6)16(18)19;10-9(11,12)8(15)20-4-5-6(13(16)17)2-1-3-7(5)14(18)19/h1-3H,4H2;2-6H,7H2,1H3;1-4H,5H2;1-3H,4H2. The van der Waals surface area contributed by atoms with Crippen LogP contribution >= 0.6 is 0 Å². The average Bonchev–Trinajstić information content (AvgIpc) is 0.818. The summed E-state index contributed by atoms with van der Waals surface area (Å²) in [6.45, 7) is -2.80. The van der Waals surface area contributed by atoms with Gasteiger partial charge in [-0.2, -0.15) is 48.3 Å². The highest BCUT2D eigenvalue weighted by Gasteiger charge is 2.65. The van der Waals surface area contributed by atoms with E-state index in [-0.39, 0.29) is 16.8 Å². The molecule has 0 heterocycles. The Balaban J connectivity index is 0.000000320. The third kappa shape index (κ3) is 18.9. The van der Waals surface area contributed by atoms with Crippen molar-refractivity contribution in [1.29, 1.82) is 0 Å². The summed E-state index contributed by atoms with van der Waals surface area (Å²) in [6, 6.07) is 13.9. The highest BCUT2D eigenvalue weighted by atomic mass is 19.4. The second-order valence-electron chi connectivity index (χ2n) is 16.6. The number of hydrogen-bond acceptors (Lipinski definition) is 18. The zero-order valence-electron chi connectivity index (χ0n) is 43.8. The number of carbonyl (C=O) groups is 4. The molecule has 0 aliphatic heterocycles. The average molecular weight is 1330 g/mol. The Labute approximate surface area is 488 Å². The number of nitro benzene ring substituents is 5. The van der Waals surface area contributed by atoms with Crippen molar-refractivity contribution in [3.8, 4) is 0 Å². The Kier molecular flexibility index (Phi) is 24.6. The highest BCUT2D eigenvalue weighted by Crippen LogP contribution is 2.39. The third-order valence-corrected chi connectivity index (χ3v) is 10.8. The first-order valence-corrected chi connectivity index (χ1v) is 23.0. The molecular formula is C49H26F19N5O18. The van der Waals surface area contributed by atoms with Gasteiger partial charge in [-0.25, -0.2) is 54.3 Å². The topological polar surface area (TPSA) is 321 Å². The molecular weight excluding hydrogens is 1310 g/mol. The maximum absolute atomic E-state index is 13.5. The molecule has 0 amide bonds. The van der Waals surface area contributed by atoms with Crippen LogP contribution in [0, 0.1) is 104 Å². The summed E-state index contributed by atoms with van der Waals surface area (Å²) in [4.78, 5) is 93.6. The van der Waals surface area contributed by atoms with Crippen LogP contribution in [0.15, 0.2) is 91.0 Å². The van der Waals surface area contributed by atoms with Gasteiger partial charge in [-0.15, -0.1) is 0 Å². The number of carbonyl (C=O) groups excluding carboxylic acids is 4. The second kappa shape index (κ2) is 30.2. The lowest BCUT2D eigenvalue weighted by Crippen LogP contribution is -2.45. The predicted octanol–water partition coefficient (Wildman–Crippen LogP) is 13.3. The zero-order valence-corrected chi connectivity index (χ0v) is 43.8. The molecule has 0 fully saturated rings. The maximum Gasteiger partial charge on any atom is 0.490 e. The molecule has 0 atom stereocenters. The SMILES string of the molecule is Cc1cccc([N+](=O)[O-])c1COC(=O)c1c(F)cc(F)cc1F.O=C(OCc1c([N+](=O)[O-])cccc1C(F)(F)F)c1c(F)c(F)c(F)c(F)c1F.O=C(OCc1c([N+](=O)[O-])cccc1[N+](=O)[O-])C(F)(F)F.O=C(OCc1ccccc1[N+](=O)[O-])C(F)(F)C(F)(F)F. The van der Waals surface area contributed by atoms with E-state index in [2.05, 4.69) is 14.2 Å². The maximum atomic E-state index is 13.5. The Hall–Kier alpha value is -11.1. The van der Waals surface area contributed by atoms with Gasteiger partial charge in [0.2, 0.25) is 5.82 Å². The normalized spacial score (nSPS) is 11.2. The largest absolute Gasteiger partial charge is 0.490 e. The first-order valence-electron chi connectivity index (χ1n) is 23.0. The summed E-state index contributed by atoms with van der Waals surface area (Å²) in [7, 11) is 0. The number of halogens is 19. The van der Waals surface area contributed by atoms with Crippen LogP contribution in [0.2, 0.25) is 0 Å². The summed E-state index contributed by atoms with van der Waals surface area (Å²) in [5, 5.41) is 53.7. The molecule has 6 rings (SSSR count). The number of esters is 4. The first kappa shape index (κ1) is 74.1. The monoisotopic (exact) mass is 1330 g/mol. The predicted molar refractivity (Wildman–Crippen MR) is 256 cm³/mol. The van der Waals surface area contributed by atoms with E-state index in [0.717, 1.165) is 30.3 Å². The van der Waals surface area contributed by atoms with Crippen molar-refractivity contribution < 1.29 is 146 Å². The van der Waals surface area contributed by atoms with E-state index in [9.17, 15) is 153 Å². The van der Waals surface area contributed by atoms with Crippen LogP contribution in [-0.2, 0) is 61.1 Å². The molecule has 0 N–H and O–H groups in total.